The molecule has 1 unspecified atom stereocenters. The van der Waals surface area contributed by atoms with Crippen LogP contribution in [-0.4, -0.2) is 37.2 Å². The maximum atomic E-state index is 5.36. The smallest absolute Gasteiger partial charge is 0.181 e. The minimum Gasteiger partial charge on any atom is -0.380 e. The van der Waals surface area contributed by atoms with E-state index in [4.69, 9.17) is 14.7 Å². The molecule has 1 aromatic carbocycles. The van der Waals surface area contributed by atoms with Crippen LogP contribution in [0, 0.1) is 12.8 Å². The van der Waals surface area contributed by atoms with Gasteiger partial charge in [0.1, 0.15) is 5.69 Å². The van der Waals surface area contributed by atoms with E-state index >= 15 is 0 Å². The quantitative estimate of drug-likeness (QED) is 0.139. The molecule has 8 heteroatoms. The molecule has 5 rings (SSSR count). The first-order chi connectivity index (χ1) is 17.8. The van der Waals surface area contributed by atoms with Gasteiger partial charge in [0.25, 0.3) is 0 Å². The number of fused-ring (bicyclic) bond motifs is 2. The van der Waals surface area contributed by atoms with E-state index < -0.39 is 0 Å². The topological polar surface area (TPSA) is 92.4 Å². The number of para-hydroxylation sites is 1. The fraction of sp³-hybridized carbons (Fsp3) is 0.379. The maximum absolute atomic E-state index is 5.36. The van der Waals surface area contributed by atoms with E-state index in [1.165, 1.54) is 29.5 Å². The largest absolute Gasteiger partial charge is 0.380 e. The van der Waals surface area contributed by atoms with Crippen molar-refractivity contribution in [2.45, 2.75) is 57.0 Å². The second-order valence-electron chi connectivity index (χ2n) is 10.1. The molecule has 0 fully saturated rings. The molecule has 0 bridgehead atoms. The predicted octanol–water partition coefficient (Wildman–Crippen LogP) is 7.03. The number of methoxy groups -OCH3 is 1. The van der Waals surface area contributed by atoms with Crippen LogP contribution in [0.15, 0.2) is 42.9 Å². The third-order valence-electron chi connectivity index (χ3n) is 7.26. The van der Waals surface area contributed by atoms with Crippen molar-refractivity contribution in [2.24, 2.45) is 5.92 Å². The van der Waals surface area contributed by atoms with Crippen molar-refractivity contribution in [3.8, 4) is 11.5 Å². The monoisotopic (exact) mass is 608 g/mol. The normalized spacial score (nSPS) is 14.3. The number of pyridine rings is 2. The average molecular weight is 609 g/mol. The highest BCUT2D eigenvalue weighted by Gasteiger charge is 2.30. The molecule has 0 saturated carbocycles. The zero-order valence-electron chi connectivity index (χ0n) is 22.0. The Morgan fingerprint density at radius 1 is 1.16 bits per heavy atom. The number of hydrogen-bond donors (Lipinski definition) is 2. The third kappa shape index (κ3) is 4.88. The highest BCUT2D eigenvalue weighted by Crippen LogP contribution is 2.42. The second kappa shape index (κ2) is 10.5. The molecule has 2 N–H and O–H groups in total. The van der Waals surface area contributed by atoms with Gasteiger partial charge in [0, 0.05) is 31.3 Å². The minimum absolute atomic E-state index is 0.311. The van der Waals surface area contributed by atoms with Crippen LogP contribution in [-0.2, 0) is 21.2 Å². The van der Waals surface area contributed by atoms with Gasteiger partial charge in [-0.1, -0.05) is 61.4 Å². The summed E-state index contributed by atoms with van der Waals surface area (Å²) in [5.74, 6) is 1.38. The summed E-state index contributed by atoms with van der Waals surface area (Å²) in [4.78, 5) is 17.7. The number of alkyl halides is 1. The van der Waals surface area contributed by atoms with Crippen LogP contribution in [0.5, 0.6) is 0 Å². The number of ether oxygens (including phenoxy) is 1. The fourth-order valence-corrected chi connectivity index (χ4v) is 6.03. The first kappa shape index (κ1) is 25.8. The van der Waals surface area contributed by atoms with Crippen molar-refractivity contribution < 1.29 is 4.74 Å². The van der Waals surface area contributed by atoms with Crippen molar-refractivity contribution in [1.82, 2.24) is 30.1 Å². The van der Waals surface area contributed by atoms with Crippen molar-refractivity contribution >= 4 is 44.7 Å². The van der Waals surface area contributed by atoms with E-state index in [0.717, 1.165) is 45.5 Å². The van der Waals surface area contributed by atoms with Crippen molar-refractivity contribution in [2.75, 3.05) is 7.11 Å². The number of nitrogens with one attached hydrogen (secondary N) is 2. The zero-order valence-corrected chi connectivity index (χ0v) is 24.2. The summed E-state index contributed by atoms with van der Waals surface area (Å²) in [6.07, 6.45) is 9.45. The second-order valence-corrected chi connectivity index (χ2v) is 12.3. The zero-order chi connectivity index (χ0) is 26.2. The Morgan fingerprint density at radius 3 is 2.78 bits per heavy atom. The summed E-state index contributed by atoms with van der Waals surface area (Å²) in [5.41, 5.74) is 9.36. The first-order valence-corrected chi connectivity index (χ1v) is 13.9. The number of H-pyrrole nitrogens is 2. The van der Waals surface area contributed by atoms with Gasteiger partial charge in [-0.2, -0.15) is 5.10 Å². The van der Waals surface area contributed by atoms with Gasteiger partial charge in [0.05, 0.1) is 26.4 Å². The number of aromatic amines is 2. The predicted molar refractivity (Wildman–Crippen MR) is 157 cm³/mol. The van der Waals surface area contributed by atoms with E-state index in [1.54, 1.807) is 7.11 Å². The summed E-state index contributed by atoms with van der Waals surface area (Å²) in [6, 6.07) is 8.26. The van der Waals surface area contributed by atoms with Crippen molar-refractivity contribution in [3.63, 3.8) is 0 Å². The number of aromatic nitrogens is 6. The lowest BCUT2D eigenvalue weighted by molar-refractivity contribution is 0.186. The lowest BCUT2D eigenvalue weighted by Crippen LogP contribution is -2.18. The van der Waals surface area contributed by atoms with Crippen LogP contribution in [0.3, 0.4) is 0 Å². The first-order valence-electron chi connectivity index (χ1n) is 12.8. The van der Waals surface area contributed by atoms with Gasteiger partial charge in [-0.3, -0.25) is 10.1 Å². The molecule has 37 heavy (non-hydrogen) atoms. The van der Waals surface area contributed by atoms with Gasteiger partial charge in [-0.15, -0.1) is 0 Å². The molecule has 0 saturated heterocycles. The summed E-state index contributed by atoms with van der Waals surface area (Å²) in [6.45, 7) is 9.54. The highest BCUT2D eigenvalue weighted by molar-refractivity contribution is 14.1. The minimum atomic E-state index is -0.311. The number of hydrogen-bond acceptors (Lipinski definition) is 5. The Labute approximate surface area is 231 Å². The van der Waals surface area contributed by atoms with Crippen molar-refractivity contribution in [3.05, 3.63) is 70.7 Å². The standard InChI is InChI=1S/C29H33IN6O/c1-6-8-17(2)11-20-13-31-15-23(18(20)3)29(4,30)21-12-22-26(35-36-27(22)32-14-21)28-33-24-10-7-9-19(16-37-5)25(24)34-28/h7,9-10,12-15,17H,6,8,11,16H2,1-5H3,(H,33,34)(H,32,35,36)/t17?,29-/m0/s1. The summed E-state index contributed by atoms with van der Waals surface area (Å²) in [5, 5.41) is 8.56. The van der Waals surface area contributed by atoms with Gasteiger partial charge in [0.15, 0.2) is 11.5 Å². The Morgan fingerprint density at radius 2 is 2.00 bits per heavy atom. The van der Waals surface area contributed by atoms with Gasteiger partial charge in [0.2, 0.25) is 0 Å². The van der Waals surface area contributed by atoms with E-state index in [1.807, 2.05) is 36.8 Å². The van der Waals surface area contributed by atoms with Crippen LogP contribution >= 0.6 is 22.6 Å². The summed E-state index contributed by atoms with van der Waals surface area (Å²) < 4.78 is 5.05. The molecule has 4 aromatic heterocycles. The molecule has 4 heterocycles. The summed E-state index contributed by atoms with van der Waals surface area (Å²) in [7, 11) is 1.70. The molecule has 0 spiro atoms. The lowest BCUT2D eigenvalue weighted by atomic mass is 9.87. The van der Waals surface area contributed by atoms with Crippen LogP contribution in [0.2, 0.25) is 0 Å². The number of imidazole rings is 1. The van der Waals surface area contributed by atoms with E-state index in [9.17, 15) is 0 Å². The number of rotatable bonds is 9. The van der Waals surface area contributed by atoms with E-state index in [-0.39, 0.29) is 3.42 Å². The molecule has 0 aliphatic rings. The lowest BCUT2D eigenvalue weighted by Gasteiger charge is -2.27. The molecule has 5 aromatic rings. The highest BCUT2D eigenvalue weighted by atomic mass is 127. The van der Waals surface area contributed by atoms with Gasteiger partial charge in [-0.05, 0) is 60.6 Å². The molecule has 0 amide bonds. The number of benzene rings is 1. The molecular formula is C29H33IN6O. The summed E-state index contributed by atoms with van der Waals surface area (Å²) >= 11 is 2.53. The van der Waals surface area contributed by atoms with Crippen LogP contribution in [0.1, 0.15) is 61.4 Å². The number of halogens is 1. The Balaban J connectivity index is 1.55. The third-order valence-corrected chi connectivity index (χ3v) is 8.46. The Hall–Kier alpha value is -2.85. The van der Waals surface area contributed by atoms with Crippen LogP contribution in [0.4, 0.5) is 0 Å². The molecule has 0 aliphatic carbocycles. The fourth-order valence-electron chi connectivity index (χ4n) is 5.19. The Bertz CT molecular complexity index is 1550. The molecular weight excluding hydrogens is 575 g/mol. The SMILES string of the molecule is CCCC(C)Cc1cncc([C@@](C)(I)c2cnc3n[nH]c(-c4nc5c(COC)cccc5[nH]4)c3c2)c1C. The Kier molecular flexibility index (Phi) is 7.31. The number of nitrogens with zero attached hydrogens (tertiary/aromatic N) is 4. The van der Waals surface area contributed by atoms with Gasteiger partial charge >= 0.3 is 0 Å². The van der Waals surface area contributed by atoms with Crippen molar-refractivity contribution in [1.29, 1.82) is 0 Å². The van der Waals surface area contributed by atoms with E-state index in [2.05, 4.69) is 76.5 Å². The average Bonchev–Trinajstić information content (AvgIpc) is 3.50. The molecule has 192 valence electrons. The van der Waals surface area contributed by atoms with Crippen LogP contribution < -0.4 is 0 Å². The molecule has 2 atom stereocenters. The molecule has 0 radical (unpaired) electrons. The molecule has 0 aliphatic heterocycles. The van der Waals surface area contributed by atoms with Gasteiger partial charge < -0.3 is 9.72 Å². The van der Waals surface area contributed by atoms with Gasteiger partial charge in [-0.25, -0.2) is 9.97 Å². The van der Waals surface area contributed by atoms with Crippen LogP contribution in [0.25, 0.3) is 33.6 Å². The molecule has 7 nitrogen and oxygen atoms in total. The van der Waals surface area contributed by atoms with E-state index in [0.29, 0.717) is 18.2 Å². The maximum Gasteiger partial charge on any atom is 0.181 e.